The molecule has 134 valence electrons. The van der Waals surface area contributed by atoms with E-state index in [9.17, 15) is 4.79 Å². The van der Waals surface area contributed by atoms with E-state index >= 15 is 0 Å². The molecule has 0 saturated carbocycles. The van der Waals surface area contributed by atoms with Crippen molar-refractivity contribution in [2.24, 2.45) is 0 Å². The number of hydrogen-bond donors (Lipinski definition) is 0. The second-order valence-corrected chi connectivity index (χ2v) is 12.4. The summed E-state index contributed by atoms with van der Waals surface area (Å²) >= 11 is 6.44. The monoisotopic (exact) mass is 378 g/mol. The van der Waals surface area contributed by atoms with Crippen molar-refractivity contribution in [2.75, 3.05) is 7.11 Å². The predicted molar refractivity (Wildman–Crippen MR) is 102 cm³/mol. The molecule has 0 N–H and O–H groups in total. The molecule has 0 saturated heterocycles. The first-order valence-electron chi connectivity index (χ1n) is 7.95. The summed E-state index contributed by atoms with van der Waals surface area (Å²) < 4.78 is 11.0. The van der Waals surface area contributed by atoms with E-state index in [1.807, 2.05) is 6.07 Å². The lowest BCUT2D eigenvalue weighted by atomic mass is 10.1. The van der Waals surface area contributed by atoms with Gasteiger partial charge >= 0.3 is 5.97 Å². The highest BCUT2D eigenvalue weighted by molar-refractivity contribution is 6.74. The molecule has 0 spiro atoms. The van der Waals surface area contributed by atoms with Gasteiger partial charge in [-0.05, 0) is 36.3 Å². The third-order valence-electron chi connectivity index (χ3n) is 4.45. The highest BCUT2D eigenvalue weighted by Crippen LogP contribution is 2.39. The van der Waals surface area contributed by atoms with Crippen molar-refractivity contribution in [3.63, 3.8) is 0 Å². The molecule has 0 bridgehead atoms. The summed E-state index contributed by atoms with van der Waals surface area (Å²) in [5, 5.41) is 0.531. The SMILES string of the molecule is COC(=O)c1nccnc1-c1ccc(O[Si](C)(C)C(C)(C)C)cc1Cl. The van der Waals surface area contributed by atoms with E-state index in [-0.39, 0.29) is 10.7 Å². The predicted octanol–water partition coefficient (Wildman–Crippen LogP) is 4.97. The van der Waals surface area contributed by atoms with Gasteiger partial charge in [0, 0.05) is 18.0 Å². The van der Waals surface area contributed by atoms with Crippen LogP contribution in [0.5, 0.6) is 5.75 Å². The average Bonchev–Trinajstić information content (AvgIpc) is 2.53. The lowest BCUT2D eigenvalue weighted by molar-refractivity contribution is 0.0594. The Morgan fingerprint density at radius 3 is 2.36 bits per heavy atom. The van der Waals surface area contributed by atoms with Gasteiger partial charge in [0.15, 0.2) is 5.69 Å². The lowest BCUT2D eigenvalue weighted by Gasteiger charge is -2.36. The zero-order chi connectivity index (χ0) is 18.8. The standard InChI is InChI=1S/C18H23ClN2O3Si/c1-18(2,3)25(5,6)24-12-7-8-13(14(19)11-12)15-16(17(22)23-4)21-10-9-20-15/h7-11H,1-6H3. The number of ether oxygens (including phenoxy) is 1. The van der Waals surface area contributed by atoms with Crippen LogP contribution in [0.3, 0.4) is 0 Å². The van der Waals surface area contributed by atoms with Gasteiger partial charge in [-0.15, -0.1) is 0 Å². The highest BCUT2D eigenvalue weighted by Gasteiger charge is 2.39. The molecule has 7 heteroatoms. The minimum Gasteiger partial charge on any atom is -0.543 e. The first-order valence-corrected chi connectivity index (χ1v) is 11.2. The molecule has 1 aromatic carbocycles. The van der Waals surface area contributed by atoms with Crippen LogP contribution in [0.25, 0.3) is 11.3 Å². The van der Waals surface area contributed by atoms with Crippen LogP contribution in [-0.2, 0) is 4.74 Å². The van der Waals surface area contributed by atoms with Crippen molar-refractivity contribution in [2.45, 2.75) is 38.9 Å². The van der Waals surface area contributed by atoms with Crippen molar-refractivity contribution >= 4 is 25.9 Å². The van der Waals surface area contributed by atoms with E-state index in [4.69, 9.17) is 20.8 Å². The third-order valence-corrected chi connectivity index (χ3v) is 9.12. The van der Waals surface area contributed by atoms with Gasteiger partial charge in [0.05, 0.1) is 12.1 Å². The van der Waals surface area contributed by atoms with Gasteiger partial charge < -0.3 is 9.16 Å². The second-order valence-electron chi connectivity index (χ2n) is 7.25. The van der Waals surface area contributed by atoms with E-state index in [1.165, 1.54) is 19.5 Å². The summed E-state index contributed by atoms with van der Waals surface area (Å²) in [6.07, 6.45) is 2.96. The Bertz CT molecular complexity index is 788. The molecule has 2 aromatic rings. The topological polar surface area (TPSA) is 61.3 Å². The molecule has 25 heavy (non-hydrogen) atoms. The quantitative estimate of drug-likeness (QED) is 0.555. The minimum atomic E-state index is -1.96. The zero-order valence-corrected chi connectivity index (χ0v) is 17.1. The largest absolute Gasteiger partial charge is 0.543 e. The lowest BCUT2D eigenvalue weighted by Crippen LogP contribution is -2.43. The summed E-state index contributed by atoms with van der Waals surface area (Å²) in [6.45, 7) is 10.9. The third kappa shape index (κ3) is 4.19. The number of methoxy groups -OCH3 is 1. The van der Waals surface area contributed by atoms with Gasteiger partial charge in [0.25, 0.3) is 0 Å². The summed E-state index contributed by atoms with van der Waals surface area (Å²) in [6, 6.07) is 5.39. The van der Waals surface area contributed by atoms with Gasteiger partial charge in [-0.25, -0.2) is 9.78 Å². The second kappa shape index (κ2) is 7.13. The Hall–Kier alpha value is -1.92. The molecule has 0 aliphatic carbocycles. The number of carbonyl (C=O) groups is 1. The molecule has 1 heterocycles. The van der Waals surface area contributed by atoms with Crippen molar-refractivity contribution in [1.82, 2.24) is 9.97 Å². The van der Waals surface area contributed by atoms with Crippen LogP contribution in [0.1, 0.15) is 31.3 Å². The van der Waals surface area contributed by atoms with Gasteiger partial charge in [-0.2, -0.15) is 0 Å². The normalized spacial score (nSPS) is 12.0. The number of nitrogens with zero attached hydrogens (tertiary/aromatic N) is 2. The number of rotatable bonds is 4. The minimum absolute atomic E-state index is 0.0844. The zero-order valence-electron chi connectivity index (χ0n) is 15.4. The molecule has 5 nitrogen and oxygen atoms in total. The number of aromatic nitrogens is 2. The van der Waals surface area contributed by atoms with E-state index in [1.54, 1.807) is 12.1 Å². The molecule has 0 unspecified atom stereocenters. The van der Waals surface area contributed by atoms with Gasteiger partial charge in [-0.1, -0.05) is 32.4 Å². The number of halogens is 1. The van der Waals surface area contributed by atoms with Gasteiger partial charge in [0.1, 0.15) is 11.4 Å². The Labute approximate surface area is 154 Å². The molecule has 0 fully saturated rings. The van der Waals surface area contributed by atoms with Crippen LogP contribution >= 0.6 is 11.6 Å². The van der Waals surface area contributed by atoms with Crippen LogP contribution in [0.4, 0.5) is 0 Å². The molecular weight excluding hydrogens is 356 g/mol. The molecule has 2 rings (SSSR count). The fraction of sp³-hybridized carbons (Fsp3) is 0.389. The molecule has 0 aliphatic rings. The number of hydrogen-bond acceptors (Lipinski definition) is 5. The Balaban J connectivity index is 2.41. The fourth-order valence-electron chi connectivity index (χ4n) is 1.98. The van der Waals surface area contributed by atoms with Crippen LogP contribution in [-0.4, -0.2) is 31.4 Å². The van der Waals surface area contributed by atoms with Crippen molar-refractivity contribution in [1.29, 1.82) is 0 Å². The van der Waals surface area contributed by atoms with Gasteiger partial charge in [-0.3, -0.25) is 4.98 Å². The van der Waals surface area contributed by atoms with Crippen LogP contribution in [0.15, 0.2) is 30.6 Å². The van der Waals surface area contributed by atoms with Crippen LogP contribution in [0.2, 0.25) is 23.2 Å². The first kappa shape index (κ1) is 19.4. The summed E-state index contributed by atoms with van der Waals surface area (Å²) in [5.74, 6) is 0.157. The first-order chi connectivity index (χ1) is 11.6. The molecule has 0 aliphatic heterocycles. The van der Waals surface area contributed by atoms with E-state index in [0.717, 1.165) is 0 Å². The molecule has 0 amide bonds. The average molecular weight is 379 g/mol. The maximum atomic E-state index is 11.9. The number of carbonyl (C=O) groups excluding carboxylic acids is 1. The Kier molecular flexibility index (Phi) is 5.54. The molecular formula is C18H23ClN2O3Si. The van der Waals surface area contributed by atoms with Crippen molar-refractivity contribution < 1.29 is 14.0 Å². The Morgan fingerprint density at radius 2 is 1.80 bits per heavy atom. The molecule has 0 radical (unpaired) electrons. The van der Waals surface area contributed by atoms with Gasteiger partial charge in [0.2, 0.25) is 8.32 Å². The van der Waals surface area contributed by atoms with E-state index < -0.39 is 14.3 Å². The summed E-state index contributed by atoms with van der Waals surface area (Å²) in [5.41, 5.74) is 1.13. The maximum Gasteiger partial charge on any atom is 0.358 e. The number of benzene rings is 1. The Morgan fingerprint density at radius 1 is 1.16 bits per heavy atom. The van der Waals surface area contributed by atoms with Crippen LogP contribution in [0, 0.1) is 0 Å². The smallest absolute Gasteiger partial charge is 0.358 e. The molecule has 0 atom stereocenters. The van der Waals surface area contributed by atoms with Crippen molar-refractivity contribution in [3.05, 3.63) is 41.3 Å². The van der Waals surface area contributed by atoms with Crippen molar-refractivity contribution in [3.8, 4) is 17.0 Å². The fourth-order valence-corrected chi connectivity index (χ4v) is 3.26. The summed E-state index contributed by atoms with van der Waals surface area (Å²) in [4.78, 5) is 20.2. The highest BCUT2D eigenvalue weighted by atomic mass is 35.5. The summed E-state index contributed by atoms with van der Waals surface area (Å²) in [7, 11) is -0.657. The van der Waals surface area contributed by atoms with E-state index in [0.29, 0.717) is 22.0 Å². The molecule has 1 aromatic heterocycles. The van der Waals surface area contributed by atoms with E-state index in [2.05, 4.69) is 43.8 Å². The van der Waals surface area contributed by atoms with Crippen LogP contribution < -0.4 is 4.43 Å². The number of esters is 1. The maximum absolute atomic E-state index is 11.9.